The summed E-state index contributed by atoms with van der Waals surface area (Å²) in [7, 11) is 0. The van der Waals surface area contributed by atoms with Gasteiger partial charge in [0.15, 0.2) is 0 Å². The number of hydrogen-bond acceptors (Lipinski definition) is 2. The summed E-state index contributed by atoms with van der Waals surface area (Å²) in [4.78, 5) is 12.0. The first-order valence-corrected chi connectivity index (χ1v) is 6.58. The number of amides is 1. The van der Waals surface area contributed by atoms with Crippen molar-refractivity contribution in [2.45, 2.75) is 46.2 Å². The second-order valence-corrected chi connectivity index (χ2v) is 5.15. The van der Waals surface area contributed by atoms with Gasteiger partial charge >= 0.3 is 0 Å². The predicted molar refractivity (Wildman–Crippen MR) is 75.2 cm³/mol. The van der Waals surface area contributed by atoms with Gasteiger partial charge < -0.3 is 11.1 Å². The molecular formula is C15H24N2O. The van der Waals surface area contributed by atoms with Crippen LogP contribution in [0.2, 0.25) is 0 Å². The fourth-order valence-electron chi connectivity index (χ4n) is 1.79. The summed E-state index contributed by atoms with van der Waals surface area (Å²) < 4.78 is 0. The Morgan fingerprint density at radius 1 is 1.28 bits per heavy atom. The number of nitrogens with one attached hydrogen (secondary N) is 1. The van der Waals surface area contributed by atoms with Crippen LogP contribution in [0.1, 0.15) is 44.4 Å². The minimum absolute atomic E-state index is 0.0444. The average molecular weight is 248 g/mol. The second kappa shape index (κ2) is 6.55. The van der Waals surface area contributed by atoms with E-state index < -0.39 is 6.04 Å². The van der Waals surface area contributed by atoms with Gasteiger partial charge in [0.1, 0.15) is 0 Å². The van der Waals surface area contributed by atoms with E-state index in [1.54, 1.807) is 0 Å². The van der Waals surface area contributed by atoms with Crippen molar-refractivity contribution in [3.8, 4) is 0 Å². The Hall–Kier alpha value is -1.35. The molecule has 0 aliphatic carbocycles. The van der Waals surface area contributed by atoms with Gasteiger partial charge in [-0.05, 0) is 24.8 Å². The summed E-state index contributed by atoms with van der Waals surface area (Å²) in [6.45, 7) is 8.03. The first kappa shape index (κ1) is 14.7. The van der Waals surface area contributed by atoms with Crippen LogP contribution in [-0.4, -0.2) is 11.9 Å². The van der Waals surface area contributed by atoms with Gasteiger partial charge in [-0.1, -0.05) is 50.6 Å². The molecule has 18 heavy (non-hydrogen) atoms. The second-order valence-electron chi connectivity index (χ2n) is 5.15. The number of nitrogens with two attached hydrogens (primary N) is 1. The highest BCUT2D eigenvalue weighted by Crippen LogP contribution is 2.17. The maximum Gasteiger partial charge on any atom is 0.237 e. The van der Waals surface area contributed by atoms with Crippen molar-refractivity contribution < 1.29 is 4.79 Å². The summed E-state index contributed by atoms with van der Waals surface area (Å²) in [5, 5.41) is 3.02. The monoisotopic (exact) mass is 248 g/mol. The Balaban J connectivity index is 2.73. The molecule has 3 nitrogen and oxygen atoms in total. The number of benzene rings is 1. The van der Waals surface area contributed by atoms with Crippen LogP contribution >= 0.6 is 0 Å². The van der Waals surface area contributed by atoms with Crippen LogP contribution in [-0.2, 0) is 4.79 Å². The molecule has 1 rings (SSSR count). The minimum Gasteiger partial charge on any atom is -0.348 e. The lowest BCUT2D eigenvalue weighted by molar-refractivity contribution is -0.124. The van der Waals surface area contributed by atoms with E-state index in [2.05, 4.69) is 43.4 Å². The summed E-state index contributed by atoms with van der Waals surface area (Å²) in [6.07, 6.45) is 0.861. The molecule has 3 N–H and O–H groups in total. The fourth-order valence-corrected chi connectivity index (χ4v) is 1.79. The van der Waals surface area contributed by atoms with Gasteiger partial charge in [-0.3, -0.25) is 4.79 Å². The minimum atomic E-state index is -0.440. The Labute approximate surface area is 110 Å². The normalized spacial score (nSPS) is 14.3. The Morgan fingerprint density at radius 2 is 1.83 bits per heavy atom. The lowest BCUT2D eigenvalue weighted by atomic mass is 10.0. The first-order chi connectivity index (χ1) is 8.45. The zero-order valence-electron chi connectivity index (χ0n) is 11.7. The van der Waals surface area contributed by atoms with Crippen LogP contribution in [0.4, 0.5) is 0 Å². The van der Waals surface area contributed by atoms with Crippen LogP contribution in [0.3, 0.4) is 0 Å². The van der Waals surface area contributed by atoms with Crippen molar-refractivity contribution in [3.05, 3.63) is 35.4 Å². The van der Waals surface area contributed by atoms with Gasteiger partial charge in [-0.2, -0.15) is 0 Å². The highest BCUT2D eigenvalue weighted by Gasteiger charge is 2.20. The molecule has 100 valence electrons. The van der Waals surface area contributed by atoms with E-state index in [-0.39, 0.29) is 17.9 Å². The van der Waals surface area contributed by atoms with E-state index in [1.807, 2.05) is 13.8 Å². The van der Waals surface area contributed by atoms with Gasteiger partial charge in [0.2, 0.25) is 5.91 Å². The molecule has 0 saturated heterocycles. The zero-order valence-corrected chi connectivity index (χ0v) is 11.7. The first-order valence-electron chi connectivity index (χ1n) is 6.58. The van der Waals surface area contributed by atoms with E-state index in [1.165, 1.54) is 5.56 Å². The van der Waals surface area contributed by atoms with E-state index in [0.29, 0.717) is 0 Å². The molecule has 3 heteroatoms. The molecule has 1 aromatic rings. The third-order valence-corrected chi connectivity index (χ3v) is 3.23. The van der Waals surface area contributed by atoms with Crippen LogP contribution in [0.15, 0.2) is 24.3 Å². The van der Waals surface area contributed by atoms with Gasteiger partial charge in [-0.15, -0.1) is 0 Å². The van der Waals surface area contributed by atoms with Gasteiger partial charge in [0.25, 0.3) is 0 Å². The summed E-state index contributed by atoms with van der Waals surface area (Å²) >= 11 is 0. The molecule has 0 radical (unpaired) electrons. The molecule has 0 aliphatic heterocycles. The maximum absolute atomic E-state index is 12.0. The molecule has 2 atom stereocenters. The van der Waals surface area contributed by atoms with Crippen LogP contribution in [0.5, 0.6) is 0 Å². The largest absolute Gasteiger partial charge is 0.348 e. The predicted octanol–water partition coefficient (Wildman–Crippen LogP) is 2.55. The SMILES string of the molecule is CCC(NC(=O)[C@@H](N)C(C)C)c1ccc(C)cc1. The van der Waals surface area contributed by atoms with Crippen LogP contribution < -0.4 is 11.1 Å². The number of rotatable bonds is 5. The van der Waals surface area contributed by atoms with E-state index in [4.69, 9.17) is 5.73 Å². The highest BCUT2D eigenvalue weighted by atomic mass is 16.2. The highest BCUT2D eigenvalue weighted by molar-refractivity contribution is 5.82. The quantitative estimate of drug-likeness (QED) is 0.841. The molecule has 1 amide bonds. The molecule has 0 heterocycles. The van der Waals surface area contributed by atoms with Gasteiger partial charge in [0, 0.05) is 0 Å². The fraction of sp³-hybridized carbons (Fsp3) is 0.533. The Morgan fingerprint density at radius 3 is 2.28 bits per heavy atom. The number of carbonyl (C=O) groups excluding carboxylic acids is 1. The van der Waals surface area contributed by atoms with E-state index in [9.17, 15) is 4.79 Å². The molecule has 0 aromatic heterocycles. The third kappa shape index (κ3) is 3.84. The number of hydrogen-bond donors (Lipinski definition) is 2. The van der Waals surface area contributed by atoms with Crippen LogP contribution in [0.25, 0.3) is 0 Å². The molecule has 0 fully saturated rings. The van der Waals surface area contributed by atoms with Crippen molar-refractivity contribution in [1.29, 1.82) is 0 Å². The molecule has 0 aliphatic rings. The van der Waals surface area contributed by atoms with E-state index in [0.717, 1.165) is 12.0 Å². The molecular weight excluding hydrogens is 224 g/mol. The zero-order chi connectivity index (χ0) is 13.7. The summed E-state index contributed by atoms with van der Waals surface area (Å²) in [6, 6.07) is 7.85. The average Bonchev–Trinajstić information content (AvgIpc) is 2.35. The maximum atomic E-state index is 12.0. The van der Waals surface area contributed by atoms with Crippen molar-refractivity contribution in [2.24, 2.45) is 11.7 Å². The van der Waals surface area contributed by atoms with Crippen molar-refractivity contribution in [2.75, 3.05) is 0 Å². The Kier molecular flexibility index (Phi) is 5.35. The smallest absolute Gasteiger partial charge is 0.237 e. The van der Waals surface area contributed by atoms with Crippen LogP contribution in [0, 0.1) is 12.8 Å². The topological polar surface area (TPSA) is 55.1 Å². The summed E-state index contributed by atoms with van der Waals surface area (Å²) in [5.74, 6) is 0.0814. The molecule has 0 bridgehead atoms. The Bertz CT molecular complexity index is 384. The number of carbonyl (C=O) groups is 1. The molecule has 0 spiro atoms. The third-order valence-electron chi connectivity index (χ3n) is 3.23. The van der Waals surface area contributed by atoms with Crippen molar-refractivity contribution >= 4 is 5.91 Å². The molecule has 1 aromatic carbocycles. The van der Waals surface area contributed by atoms with E-state index >= 15 is 0 Å². The molecule has 1 unspecified atom stereocenters. The standard InChI is InChI=1S/C15H24N2O/c1-5-13(12-8-6-11(4)7-9-12)17-15(18)14(16)10(2)3/h6-10,13-14H,5,16H2,1-4H3,(H,17,18)/t13?,14-/m0/s1. The van der Waals surface area contributed by atoms with Gasteiger partial charge in [0.05, 0.1) is 12.1 Å². The number of aryl methyl sites for hydroxylation is 1. The lowest BCUT2D eigenvalue weighted by Gasteiger charge is -2.22. The van der Waals surface area contributed by atoms with Gasteiger partial charge in [-0.25, -0.2) is 0 Å². The molecule has 0 saturated carbocycles. The van der Waals surface area contributed by atoms with Crippen molar-refractivity contribution in [1.82, 2.24) is 5.32 Å². The summed E-state index contributed by atoms with van der Waals surface area (Å²) in [5.41, 5.74) is 8.21. The lowest BCUT2D eigenvalue weighted by Crippen LogP contribution is -2.45. The van der Waals surface area contributed by atoms with Crippen molar-refractivity contribution in [3.63, 3.8) is 0 Å².